The average Bonchev–Trinajstić information content (AvgIpc) is 2.87. The first kappa shape index (κ1) is 26.7. The highest BCUT2D eigenvalue weighted by molar-refractivity contribution is 6.32. The monoisotopic (exact) mass is 521 g/mol. The van der Waals surface area contributed by atoms with Gasteiger partial charge in [0, 0.05) is 17.8 Å². The van der Waals surface area contributed by atoms with Gasteiger partial charge < -0.3 is 19.9 Å². The number of anilines is 1. The lowest BCUT2D eigenvalue weighted by atomic mass is 10.1. The number of non-ortho nitro benzene ring substituents is 1. The zero-order valence-electron chi connectivity index (χ0n) is 19.4. The second kappa shape index (κ2) is 12.2. The molecule has 0 bridgehead atoms. The number of nitriles is 1. The van der Waals surface area contributed by atoms with Gasteiger partial charge in [0.05, 0.1) is 22.1 Å². The van der Waals surface area contributed by atoms with Crippen LogP contribution in [0, 0.1) is 21.4 Å². The van der Waals surface area contributed by atoms with Crippen molar-refractivity contribution in [1.82, 2.24) is 0 Å². The van der Waals surface area contributed by atoms with Crippen molar-refractivity contribution in [3.8, 4) is 17.6 Å². The summed E-state index contributed by atoms with van der Waals surface area (Å²) in [6.07, 6.45) is 1.30. The van der Waals surface area contributed by atoms with Crippen molar-refractivity contribution < 1.29 is 29.1 Å². The van der Waals surface area contributed by atoms with E-state index in [9.17, 15) is 25.0 Å². The molecule has 2 N–H and O–H groups in total. The third-order valence-electron chi connectivity index (χ3n) is 4.88. The summed E-state index contributed by atoms with van der Waals surface area (Å²) in [4.78, 5) is 34.3. The van der Waals surface area contributed by atoms with E-state index in [-0.39, 0.29) is 52.2 Å². The molecular formula is C26H20ClN3O7. The van der Waals surface area contributed by atoms with E-state index in [0.717, 1.165) is 0 Å². The number of carbonyl (C=O) groups excluding carboxylic acids is 1. The van der Waals surface area contributed by atoms with Gasteiger partial charge in [0.1, 0.15) is 18.2 Å². The number of rotatable bonds is 10. The maximum atomic E-state index is 12.6. The Hall–Kier alpha value is -4.88. The fraction of sp³-hybridized carbons (Fsp3) is 0.115. The van der Waals surface area contributed by atoms with Gasteiger partial charge in [-0.1, -0.05) is 29.8 Å². The minimum absolute atomic E-state index is 0.0160. The van der Waals surface area contributed by atoms with Crippen LogP contribution < -0.4 is 14.8 Å². The van der Waals surface area contributed by atoms with E-state index in [2.05, 4.69) is 5.32 Å². The molecule has 1 amide bonds. The number of carbonyl (C=O) groups is 2. The van der Waals surface area contributed by atoms with E-state index in [1.807, 2.05) is 6.07 Å². The highest BCUT2D eigenvalue weighted by Gasteiger charge is 2.16. The van der Waals surface area contributed by atoms with Crippen LogP contribution in [0.15, 0.2) is 66.2 Å². The zero-order chi connectivity index (χ0) is 26.9. The van der Waals surface area contributed by atoms with Crippen molar-refractivity contribution in [3.05, 3.63) is 98.1 Å². The van der Waals surface area contributed by atoms with Crippen molar-refractivity contribution in [2.45, 2.75) is 13.5 Å². The SMILES string of the molecule is CCOc1cc(/C=C(/C#N)C(=O)Nc2cccc(C(=O)O)c2)cc(Cl)c1OCc1cccc([N+](=O)[O-])c1. The van der Waals surface area contributed by atoms with Crippen molar-refractivity contribution in [1.29, 1.82) is 5.26 Å². The normalized spacial score (nSPS) is 10.8. The Labute approximate surface area is 216 Å². The molecule has 0 unspecified atom stereocenters. The van der Waals surface area contributed by atoms with Crippen LogP contribution in [0.1, 0.15) is 28.4 Å². The minimum Gasteiger partial charge on any atom is -0.490 e. The van der Waals surface area contributed by atoms with Crippen LogP contribution in [0.3, 0.4) is 0 Å². The van der Waals surface area contributed by atoms with Gasteiger partial charge >= 0.3 is 5.97 Å². The van der Waals surface area contributed by atoms with E-state index < -0.39 is 16.8 Å². The van der Waals surface area contributed by atoms with Gasteiger partial charge in [-0.2, -0.15) is 5.26 Å². The standard InChI is InChI=1S/C26H20ClN3O7/c1-2-36-23-12-17(9-19(14-28)25(31)29-20-7-4-6-18(13-20)26(32)33)11-22(27)24(23)37-15-16-5-3-8-21(10-16)30(34)35/h3-13H,2,15H2,1H3,(H,29,31)(H,32,33)/b19-9-. The Balaban J connectivity index is 1.85. The van der Waals surface area contributed by atoms with E-state index in [1.165, 1.54) is 54.6 Å². The molecule has 188 valence electrons. The number of carboxylic acid groups (broad SMARTS) is 1. The molecule has 0 spiro atoms. The Morgan fingerprint density at radius 2 is 1.92 bits per heavy atom. The predicted molar refractivity (Wildman–Crippen MR) is 136 cm³/mol. The number of benzene rings is 3. The first-order valence-electron chi connectivity index (χ1n) is 10.8. The van der Waals surface area contributed by atoms with Crippen molar-refractivity contribution in [2.75, 3.05) is 11.9 Å². The number of nitrogens with zero attached hydrogens (tertiary/aromatic N) is 2. The van der Waals surface area contributed by atoms with Crippen molar-refractivity contribution >= 4 is 40.9 Å². The molecule has 0 saturated heterocycles. The summed E-state index contributed by atoms with van der Waals surface area (Å²) in [5.41, 5.74) is 0.784. The highest BCUT2D eigenvalue weighted by atomic mass is 35.5. The Morgan fingerprint density at radius 3 is 2.59 bits per heavy atom. The van der Waals surface area contributed by atoms with Crippen molar-refractivity contribution in [2.24, 2.45) is 0 Å². The van der Waals surface area contributed by atoms with Crippen LogP contribution in [-0.4, -0.2) is 28.5 Å². The number of halogens is 1. The van der Waals surface area contributed by atoms with Crippen LogP contribution in [0.5, 0.6) is 11.5 Å². The van der Waals surface area contributed by atoms with Gasteiger partial charge in [-0.3, -0.25) is 14.9 Å². The molecular weight excluding hydrogens is 502 g/mol. The number of aromatic carboxylic acids is 1. The number of nitro groups is 1. The molecule has 0 saturated carbocycles. The van der Waals surface area contributed by atoms with Gasteiger partial charge in [-0.25, -0.2) is 4.79 Å². The van der Waals surface area contributed by atoms with Gasteiger partial charge in [-0.05, 0) is 54.5 Å². The molecule has 10 nitrogen and oxygen atoms in total. The molecule has 0 radical (unpaired) electrons. The average molecular weight is 522 g/mol. The quantitative estimate of drug-likeness (QED) is 0.154. The molecule has 3 aromatic carbocycles. The number of ether oxygens (including phenoxy) is 2. The maximum absolute atomic E-state index is 12.6. The number of nitrogens with one attached hydrogen (secondary N) is 1. The van der Waals surface area contributed by atoms with Crippen LogP contribution >= 0.6 is 11.6 Å². The summed E-state index contributed by atoms with van der Waals surface area (Å²) in [6.45, 7) is 2.00. The Kier molecular flexibility index (Phi) is 8.81. The maximum Gasteiger partial charge on any atom is 0.335 e. The largest absolute Gasteiger partial charge is 0.490 e. The van der Waals surface area contributed by atoms with E-state index >= 15 is 0 Å². The molecule has 0 aliphatic carbocycles. The summed E-state index contributed by atoms with van der Waals surface area (Å²) in [6, 6.07) is 16.4. The number of nitro benzene ring substituents is 1. The van der Waals surface area contributed by atoms with E-state index in [4.69, 9.17) is 26.2 Å². The molecule has 11 heteroatoms. The molecule has 0 heterocycles. The molecule has 37 heavy (non-hydrogen) atoms. The molecule has 0 atom stereocenters. The Bertz CT molecular complexity index is 1430. The molecule has 0 aromatic heterocycles. The molecule has 3 rings (SSSR count). The number of carboxylic acids is 1. The third-order valence-corrected chi connectivity index (χ3v) is 5.16. The fourth-order valence-electron chi connectivity index (χ4n) is 3.23. The molecule has 0 aliphatic rings. The summed E-state index contributed by atoms with van der Waals surface area (Å²) >= 11 is 6.42. The van der Waals surface area contributed by atoms with Gasteiger partial charge in [0.2, 0.25) is 0 Å². The van der Waals surface area contributed by atoms with Crippen LogP contribution in [0.25, 0.3) is 6.08 Å². The van der Waals surface area contributed by atoms with Crippen LogP contribution in [-0.2, 0) is 11.4 Å². The second-order valence-corrected chi connectivity index (χ2v) is 7.90. The Morgan fingerprint density at radius 1 is 1.16 bits per heavy atom. The van der Waals surface area contributed by atoms with Gasteiger partial charge in [0.25, 0.3) is 11.6 Å². The van der Waals surface area contributed by atoms with Gasteiger partial charge in [0.15, 0.2) is 11.5 Å². The van der Waals surface area contributed by atoms with E-state index in [0.29, 0.717) is 11.1 Å². The molecule has 0 aliphatic heterocycles. The smallest absolute Gasteiger partial charge is 0.335 e. The first-order chi connectivity index (χ1) is 17.7. The predicted octanol–water partition coefficient (Wildman–Crippen LogP) is 5.47. The number of amides is 1. The van der Waals surface area contributed by atoms with Crippen LogP contribution in [0.4, 0.5) is 11.4 Å². The molecule has 0 fully saturated rings. The number of hydrogen-bond donors (Lipinski definition) is 2. The summed E-state index contributed by atoms with van der Waals surface area (Å²) in [5.74, 6) is -1.46. The topological polar surface area (TPSA) is 152 Å². The zero-order valence-corrected chi connectivity index (χ0v) is 20.2. The lowest BCUT2D eigenvalue weighted by Gasteiger charge is -2.15. The summed E-state index contributed by atoms with van der Waals surface area (Å²) < 4.78 is 11.4. The first-order valence-corrected chi connectivity index (χ1v) is 11.2. The fourth-order valence-corrected chi connectivity index (χ4v) is 3.51. The van der Waals surface area contributed by atoms with E-state index in [1.54, 1.807) is 19.1 Å². The lowest BCUT2D eigenvalue weighted by molar-refractivity contribution is -0.384. The third kappa shape index (κ3) is 7.06. The summed E-state index contributed by atoms with van der Waals surface area (Å²) in [7, 11) is 0. The lowest BCUT2D eigenvalue weighted by Crippen LogP contribution is -2.14. The summed E-state index contributed by atoms with van der Waals surface area (Å²) in [5, 5.41) is 32.3. The van der Waals surface area contributed by atoms with Crippen LogP contribution in [0.2, 0.25) is 5.02 Å². The second-order valence-electron chi connectivity index (χ2n) is 7.49. The van der Waals surface area contributed by atoms with Gasteiger partial charge in [-0.15, -0.1) is 0 Å². The van der Waals surface area contributed by atoms with Crippen molar-refractivity contribution in [3.63, 3.8) is 0 Å². The molecule has 3 aromatic rings. The minimum atomic E-state index is -1.15. The highest BCUT2D eigenvalue weighted by Crippen LogP contribution is 2.38. The number of hydrogen-bond acceptors (Lipinski definition) is 7.